The minimum atomic E-state index is -4.39. The molecule has 1 amide bonds. The Morgan fingerprint density at radius 2 is 1.75 bits per heavy atom. The Hall–Kier alpha value is -2.83. The van der Waals surface area contributed by atoms with Crippen molar-refractivity contribution in [3.63, 3.8) is 0 Å². The summed E-state index contributed by atoms with van der Waals surface area (Å²) in [6.07, 6.45) is -5.78. The van der Waals surface area contributed by atoms with Crippen molar-refractivity contribution in [3.05, 3.63) is 65.2 Å². The van der Waals surface area contributed by atoms with Crippen molar-refractivity contribution in [2.24, 2.45) is 0 Å². The average molecular weight is 337 g/mol. The summed E-state index contributed by atoms with van der Waals surface area (Å²) in [6.45, 7) is 0. The van der Waals surface area contributed by atoms with Gasteiger partial charge in [0.05, 0.1) is 12.8 Å². The Balaban J connectivity index is 2.20. The third-order valence-electron chi connectivity index (χ3n) is 3.20. The molecule has 0 fully saturated rings. The topological polar surface area (TPSA) is 66.4 Å². The molecule has 0 aliphatic rings. The molecule has 2 aromatic carbocycles. The number of nitrogens with one attached hydrogen (secondary N) is 1. The third kappa shape index (κ3) is 5.12. The molecule has 2 N–H and O–H groups in total. The van der Waals surface area contributed by atoms with E-state index in [1.54, 1.807) is 6.07 Å². The molecular weight excluding hydrogens is 323 g/mol. The van der Waals surface area contributed by atoms with E-state index in [1.165, 1.54) is 42.5 Å². The predicted octanol–water partition coefficient (Wildman–Crippen LogP) is 3.67. The number of carbonyl (C=O) groups is 2. The van der Waals surface area contributed by atoms with Crippen LogP contribution in [0.4, 0.5) is 18.9 Å². The van der Waals surface area contributed by atoms with E-state index in [4.69, 9.17) is 5.11 Å². The van der Waals surface area contributed by atoms with Crippen molar-refractivity contribution in [2.75, 3.05) is 5.32 Å². The number of carboxylic acid groups (broad SMARTS) is 1. The second kappa shape index (κ2) is 7.16. The number of carboxylic acids is 1. The molecule has 0 bridgehead atoms. The van der Waals surface area contributed by atoms with Crippen LogP contribution in [0.25, 0.3) is 0 Å². The average Bonchev–Trinajstić information content (AvgIpc) is 2.47. The number of hydrogen-bond donors (Lipinski definition) is 2. The highest BCUT2D eigenvalue weighted by atomic mass is 19.4. The highest BCUT2D eigenvalue weighted by molar-refractivity contribution is 6.04. The van der Waals surface area contributed by atoms with Crippen LogP contribution in [0, 0.1) is 0 Å². The van der Waals surface area contributed by atoms with Gasteiger partial charge in [0.2, 0.25) is 0 Å². The van der Waals surface area contributed by atoms with Crippen molar-refractivity contribution < 1.29 is 27.9 Å². The molecule has 0 aromatic heterocycles. The summed E-state index contributed by atoms with van der Waals surface area (Å²) in [6, 6.07) is 11.6. The lowest BCUT2D eigenvalue weighted by Gasteiger charge is -2.13. The first kappa shape index (κ1) is 17.5. The summed E-state index contributed by atoms with van der Waals surface area (Å²) in [5, 5.41) is 11.2. The molecule has 0 atom stereocenters. The van der Waals surface area contributed by atoms with Gasteiger partial charge in [-0.15, -0.1) is 0 Å². The zero-order chi connectivity index (χ0) is 17.7. The highest BCUT2D eigenvalue weighted by Gasteiger charge is 2.29. The number of para-hydroxylation sites is 1. The Kier molecular flexibility index (Phi) is 5.23. The van der Waals surface area contributed by atoms with Crippen LogP contribution in [0.3, 0.4) is 0 Å². The van der Waals surface area contributed by atoms with Crippen LogP contribution in [0.5, 0.6) is 0 Å². The Morgan fingerprint density at radius 3 is 2.42 bits per heavy atom. The van der Waals surface area contributed by atoms with Gasteiger partial charge in [-0.05, 0) is 29.3 Å². The molecule has 0 unspecified atom stereocenters. The lowest BCUT2D eigenvalue weighted by Crippen LogP contribution is -2.17. The van der Waals surface area contributed by atoms with Gasteiger partial charge in [0.25, 0.3) is 5.91 Å². The summed E-state index contributed by atoms with van der Waals surface area (Å²) in [4.78, 5) is 22.9. The number of aliphatic carboxylic acids is 1. The Bertz CT molecular complexity index is 757. The van der Waals surface area contributed by atoms with Crippen molar-refractivity contribution >= 4 is 17.6 Å². The SMILES string of the molecule is O=C(O)Cc1cccc(C(=O)Nc2ccccc2CC(F)(F)F)c1. The summed E-state index contributed by atoms with van der Waals surface area (Å²) in [5.74, 6) is -1.64. The number of anilines is 1. The van der Waals surface area contributed by atoms with E-state index >= 15 is 0 Å². The number of benzene rings is 2. The molecule has 0 saturated heterocycles. The predicted molar refractivity (Wildman–Crippen MR) is 81.9 cm³/mol. The molecule has 0 aliphatic carbocycles. The zero-order valence-corrected chi connectivity index (χ0v) is 12.4. The quantitative estimate of drug-likeness (QED) is 0.875. The summed E-state index contributed by atoms with van der Waals surface area (Å²) < 4.78 is 37.8. The van der Waals surface area contributed by atoms with Crippen LogP contribution < -0.4 is 5.32 Å². The Labute approximate surface area is 135 Å². The van der Waals surface area contributed by atoms with Gasteiger partial charge in [-0.3, -0.25) is 9.59 Å². The van der Waals surface area contributed by atoms with E-state index in [1.807, 2.05) is 0 Å². The molecule has 0 spiro atoms. The monoisotopic (exact) mass is 337 g/mol. The highest BCUT2D eigenvalue weighted by Crippen LogP contribution is 2.26. The second-order valence-corrected chi connectivity index (χ2v) is 5.17. The van der Waals surface area contributed by atoms with Gasteiger partial charge in [-0.2, -0.15) is 13.2 Å². The van der Waals surface area contributed by atoms with Crippen LogP contribution in [-0.2, 0) is 17.6 Å². The molecular formula is C17H14F3NO3. The van der Waals surface area contributed by atoms with E-state index in [-0.39, 0.29) is 23.2 Å². The Morgan fingerprint density at radius 1 is 1.04 bits per heavy atom. The van der Waals surface area contributed by atoms with Crippen molar-refractivity contribution in [1.82, 2.24) is 0 Å². The minimum Gasteiger partial charge on any atom is -0.481 e. The van der Waals surface area contributed by atoms with Crippen molar-refractivity contribution in [3.8, 4) is 0 Å². The van der Waals surface area contributed by atoms with Crippen LogP contribution in [-0.4, -0.2) is 23.2 Å². The van der Waals surface area contributed by atoms with E-state index in [9.17, 15) is 22.8 Å². The fourth-order valence-corrected chi connectivity index (χ4v) is 2.20. The van der Waals surface area contributed by atoms with Gasteiger partial charge in [-0.1, -0.05) is 30.3 Å². The lowest BCUT2D eigenvalue weighted by atomic mass is 10.1. The summed E-state index contributed by atoms with van der Waals surface area (Å²) >= 11 is 0. The molecule has 7 heteroatoms. The first-order valence-electron chi connectivity index (χ1n) is 7.01. The van der Waals surface area contributed by atoms with Gasteiger partial charge in [0.15, 0.2) is 0 Å². The molecule has 126 valence electrons. The number of amides is 1. The number of carbonyl (C=O) groups excluding carboxylic acids is 1. The van der Waals surface area contributed by atoms with Gasteiger partial charge in [0, 0.05) is 11.3 Å². The molecule has 24 heavy (non-hydrogen) atoms. The van der Waals surface area contributed by atoms with Crippen LogP contribution in [0.2, 0.25) is 0 Å². The van der Waals surface area contributed by atoms with E-state index in [0.717, 1.165) is 0 Å². The fraction of sp³-hybridized carbons (Fsp3) is 0.176. The summed E-state index contributed by atoms with van der Waals surface area (Å²) in [7, 11) is 0. The van der Waals surface area contributed by atoms with Gasteiger partial charge in [-0.25, -0.2) is 0 Å². The van der Waals surface area contributed by atoms with Crippen LogP contribution >= 0.6 is 0 Å². The number of rotatable bonds is 5. The largest absolute Gasteiger partial charge is 0.481 e. The first-order valence-corrected chi connectivity index (χ1v) is 7.01. The molecule has 2 rings (SSSR count). The molecule has 0 saturated carbocycles. The number of halogens is 3. The lowest BCUT2D eigenvalue weighted by molar-refractivity contribution is -0.136. The normalized spacial score (nSPS) is 11.1. The molecule has 0 radical (unpaired) electrons. The molecule has 4 nitrogen and oxygen atoms in total. The van der Waals surface area contributed by atoms with Gasteiger partial charge < -0.3 is 10.4 Å². The molecule has 0 heterocycles. The molecule has 0 aliphatic heterocycles. The van der Waals surface area contributed by atoms with Gasteiger partial charge >= 0.3 is 12.1 Å². The number of hydrogen-bond acceptors (Lipinski definition) is 2. The van der Waals surface area contributed by atoms with E-state index < -0.39 is 24.5 Å². The molecule has 2 aromatic rings. The van der Waals surface area contributed by atoms with Crippen LogP contribution in [0.1, 0.15) is 21.5 Å². The second-order valence-electron chi connectivity index (χ2n) is 5.17. The zero-order valence-electron chi connectivity index (χ0n) is 12.4. The minimum absolute atomic E-state index is 0.0416. The third-order valence-corrected chi connectivity index (χ3v) is 3.20. The van der Waals surface area contributed by atoms with Crippen molar-refractivity contribution in [2.45, 2.75) is 19.0 Å². The maximum absolute atomic E-state index is 12.6. The van der Waals surface area contributed by atoms with E-state index in [2.05, 4.69) is 5.32 Å². The van der Waals surface area contributed by atoms with E-state index in [0.29, 0.717) is 5.56 Å². The number of alkyl halides is 3. The maximum atomic E-state index is 12.6. The standard InChI is InChI=1S/C17H14F3NO3/c18-17(19,20)10-13-5-1-2-7-14(13)21-16(24)12-6-3-4-11(8-12)9-15(22)23/h1-8H,9-10H2,(H,21,24)(H,22,23). The fourth-order valence-electron chi connectivity index (χ4n) is 2.20. The smallest absolute Gasteiger partial charge is 0.393 e. The maximum Gasteiger partial charge on any atom is 0.393 e. The first-order chi connectivity index (χ1) is 11.2. The summed E-state index contributed by atoms with van der Waals surface area (Å²) in [5.41, 5.74) is 0.637. The van der Waals surface area contributed by atoms with Gasteiger partial charge in [0.1, 0.15) is 0 Å². The van der Waals surface area contributed by atoms with Crippen molar-refractivity contribution in [1.29, 1.82) is 0 Å². The van der Waals surface area contributed by atoms with Crippen LogP contribution in [0.15, 0.2) is 48.5 Å².